The highest BCUT2D eigenvalue weighted by Crippen LogP contribution is 2.23. The maximum atomic E-state index is 5.92. The molecule has 16 heavy (non-hydrogen) atoms. The standard InChI is InChI=1S/C10H9Cl2N3S/c11-7-3-1-6(5-8(7)12)2-4-9-14-15-10(13)16-9/h1,3,5H,2,4H2,(H2,13,15). The van der Waals surface area contributed by atoms with Gasteiger partial charge in [-0.25, -0.2) is 0 Å². The van der Waals surface area contributed by atoms with Crippen molar-refractivity contribution in [3.8, 4) is 0 Å². The fraction of sp³-hybridized carbons (Fsp3) is 0.200. The third-order valence-electron chi connectivity index (χ3n) is 2.09. The van der Waals surface area contributed by atoms with Crippen LogP contribution in [-0.2, 0) is 12.8 Å². The van der Waals surface area contributed by atoms with Gasteiger partial charge in [0.25, 0.3) is 0 Å². The van der Waals surface area contributed by atoms with E-state index in [-0.39, 0.29) is 0 Å². The summed E-state index contributed by atoms with van der Waals surface area (Å²) in [7, 11) is 0. The van der Waals surface area contributed by atoms with Gasteiger partial charge in [0, 0.05) is 6.42 Å². The molecule has 2 aromatic rings. The molecule has 0 amide bonds. The molecule has 1 aromatic heterocycles. The molecule has 0 atom stereocenters. The first-order valence-electron chi connectivity index (χ1n) is 4.67. The van der Waals surface area contributed by atoms with Crippen LogP contribution in [0.4, 0.5) is 5.13 Å². The van der Waals surface area contributed by atoms with E-state index in [1.54, 1.807) is 6.07 Å². The van der Waals surface area contributed by atoms with Crippen molar-refractivity contribution >= 4 is 39.7 Å². The minimum absolute atomic E-state index is 0.504. The van der Waals surface area contributed by atoms with Crippen LogP contribution in [0, 0.1) is 0 Å². The first kappa shape index (κ1) is 11.6. The number of aromatic nitrogens is 2. The lowest BCUT2D eigenvalue weighted by molar-refractivity contribution is 0.906. The summed E-state index contributed by atoms with van der Waals surface area (Å²) in [4.78, 5) is 0. The summed E-state index contributed by atoms with van der Waals surface area (Å²) in [6.07, 6.45) is 1.67. The van der Waals surface area contributed by atoms with Crippen molar-refractivity contribution in [3.63, 3.8) is 0 Å². The van der Waals surface area contributed by atoms with Crippen molar-refractivity contribution in [1.82, 2.24) is 10.2 Å². The quantitative estimate of drug-likeness (QED) is 0.935. The number of nitrogens with two attached hydrogens (primary N) is 1. The Kier molecular flexibility index (Phi) is 3.63. The van der Waals surface area contributed by atoms with Crippen LogP contribution in [0.25, 0.3) is 0 Å². The molecule has 0 aliphatic carbocycles. The maximum Gasteiger partial charge on any atom is 0.203 e. The van der Waals surface area contributed by atoms with E-state index in [0.29, 0.717) is 15.2 Å². The minimum Gasteiger partial charge on any atom is -0.374 e. The largest absolute Gasteiger partial charge is 0.374 e. The fourth-order valence-corrected chi connectivity index (χ4v) is 2.24. The molecule has 0 saturated carbocycles. The highest BCUT2D eigenvalue weighted by Gasteiger charge is 2.03. The van der Waals surface area contributed by atoms with Gasteiger partial charge in [-0.15, -0.1) is 10.2 Å². The average molecular weight is 274 g/mol. The Bertz CT molecular complexity index is 499. The monoisotopic (exact) mass is 273 g/mol. The molecule has 0 radical (unpaired) electrons. The fourth-order valence-electron chi connectivity index (χ4n) is 1.31. The zero-order valence-electron chi connectivity index (χ0n) is 8.28. The Labute approximate surface area is 107 Å². The Morgan fingerprint density at radius 1 is 1.12 bits per heavy atom. The second-order valence-electron chi connectivity index (χ2n) is 3.28. The first-order chi connectivity index (χ1) is 7.65. The van der Waals surface area contributed by atoms with Crippen LogP contribution >= 0.6 is 34.5 Å². The van der Waals surface area contributed by atoms with Crippen molar-refractivity contribution in [2.75, 3.05) is 5.73 Å². The molecule has 2 N–H and O–H groups in total. The van der Waals surface area contributed by atoms with Crippen molar-refractivity contribution in [1.29, 1.82) is 0 Å². The lowest BCUT2D eigenvalue weighted by Crippen LogP contribution is -1.90. The van der Waals surface area contributed by atoms with Crippen LogP contribution in [0.5, 0.6) is 0 Å². The summed E-state index contributed by atoms with van der Waals surface area (Å²) in [6.45, 7) is 0. The lowest BCUT2D eigenvalue weighted by Gasteiger charge is -2.01. The molecule has 84 valence electrons. The molecule has 0 unspecified atom stereocenters. The van der Waals surface area contributed by atoms with Crippen molar-refractivity contribution < 1.29 is 0 Å². The molecule has 0 fully saturated rings. The van der Waals surface area contributed by atoms with Crippen LogP contribution in [0.2, 0.25) is 10.0 Å². The molecule has 1 heterocycles. The molecule has 6 heteroatoms. The van der Waals surface area contributed by atoms with Gasteiger partial charge in [-0.1, -0.05) is 40.6 Å². The number of benzene rings is 1. The Hall–Kier alpha value is -0.840. The second-order valence-corrected chi connectivity index (χ2v) is 5.19. The van der Waals surface area contributed by atoms with Gasteiger partial charge in [0.05, 0.1) is 10.0 Å². The molecular weight excluding hydrogens is 265 g/mol. The van der Waals surface area contributed by atoms with Crippen LogP contribution in [0.3, 0.4) is 0 Å². The maximum absolute atomic E-state index is 5.92. The minimum atomic E-state index is 0.504. The van der Waals surface area contributed by atoms with Gasteiger partial charge >= 0.3 is 0 Å². The molecule has 0 spiro atoms. The molecule has 0 aliphatic rings. The highest BCUT2D eigenvalue weighted by atomic mass is 35.5. The smallest absolute Gasteiger partial charge is 0.203 e. The topological polar surface area (TPSA) is 51.8 Å². The number of aryl methyl sites for hydroxylation is 2. The number of nitrogen functional groups attached to an aromatic ring is 1. The Morgan fingerprint density at radius 2 is 1.94 bits per heavy atom. The van der Waals surface area contributed by atoms with Crippen LogP contribution in [-0.4, -0.2) is 10.2 Å². The number of hydrogen-bond donors (Lipinski definition) is 1. The Balaban J connectivity index is 2.02. The van der Waals surface area contributed by atoms with Crippen molar-refractivity contribution in [2.24, 2.45) is 0 Å². The lowest BCUT2D eigenvalue weighted by atomic mass is 10.1. The van der Waals surface area contributed by atoms with Crippen LogP contribution in [0.1, 0.15) is 10.6 Å². The van der Waals surface area contributed by atoms with E-state index in [4.69, 9.17) is 28.9 Å². The third-order valence-corrected chi connectivity index (χ3v) is 3.65. The molecule has 3 nitrogen and oxygen atoms in total. The third kappa shape index (κ3) is 2.84. The van der Waals surface area contributed by atoms with Gasteiger partial charge in [0.2, 0.25) is 5.13 Å². The summed E-state index contributed by atoms with van der Waals surface area (Å²) >= 11 is 13.2. The van der Waals surface area contributed by atoms with E-state index in [1.807, 2.05) is 12.1 Å². The molecular formula is C10H9Cl2N3S. The van der Waals surface area contributed by atoms with E-state index in [0.717, 1.165) is 23.4 Å². The average Bonchev–Trinajstić information content (AvgIpc) is 2.66. The SMILES string of the molecule is Nc1nnc(CCc2ccc(Cl)c(Cl)c2)s1. The van der Waals surface area contributed by atoms with E-state index < -0.39 is 0 Å². The van der Waals surface area contributed by atoms with Gasteiger partial charge in [0.15, 0.2) is 0 Å². The summed E-state index contributed by atoms with van der Waals surface area (Å²) in [6, 6.07) is 5.63. The number of anilines is 1. The summed E-state index contributed by atoms with van der Waals surface area (Å²) in [5, 5.41) is 10.3. The summed E-state index contributed by atoms with van der Waals surface area (Å²) < 4.78 is 0. The van der Waals surface area contributed by atoms with Gasteiger partial charge in [-0.2, -0.15) is 0 Å². The van der Waals surface area contributed by atoms with Crippen molar-refractivity contribution in [2.45, 2.75) is 12.8 Å². The zero-order valence-corrected chi connectivity index (χ0v) is 10.6. The molecule has 2 rings (SSSR count). The van der Waals surface area contributed by atoms with E-state index in [2.05, 4.69) is 10.2 Å². The van der Waals surface area contributed by atoms with Gasteiger partial charge in [-0.05, 0) is 24.1 Å². The van der Waals surface area contributed by atoms with E-state index >= 15 is 0 Å². The number of hydrogen-bond acceptors (Lipinski definition) is 4. The van der Waals surface area contributed by atoms with E-state index in [1.165, 1.54) is 11.3 Å². The zero-order chi connectivity index (χ0) is 11.5. The number of nitrogens with zero attached hydrogens (tertiary/aromatic N) is 2. The van der Waals surface area contributed by atoms with Crippen LogP contribution < -0.4 is 5.73 Å². The van der Waals surface area contributed by atoms with Gasteiger partial charge in [-0.3, -0.25) is 0 Å². The first-order valence-corrected chi connectivity index (χ1v) is 6.24. The normalized spacial score (nSPS) is 10.6. The second kappa shape index (κ2) is 4.99. The summed E-state index contributed by atoms with van der Waals surface area (Å²) in [5.74, 6) is 0. The van der Waals surface area contributed by atoms with Gasteiger partial charge < -0.3 is 5.73 Å². The van der Waals surface area contributed by atoms with Crippen molar-refractivity contribution in [3.05, 3.63) is 38.8 Å². The van der Waals surface area contributed by atoms with E-state index in [9.17, 15) is 0 Å². The molecule has 1 aromatic carbocycles. The predicted octanol–water partition coefficient (Wildman–Crippen LogP) is 3.21. The number of rotatable bonds is 3. The molecule has 0 aliphatic heterocycles. The van der Waals surface area contributed by atoms with Gasteiger partial charge in [0.1, 0.15) is 5.01 Å². The molecule has 0 bridgehead atoms. The molecule has 0 saturated heterocycles. The summed E-state index contributed by atoms with van der Waals surface area (Å²) in [5.41, 5.74) is 6.63. The van der Waals surface area contributed by atoms with Crippen LogP contribution in [0.15, 0.2) is 18.2 Å². The predicted molar refractivity (Wildman–Crippen MR) is 68.2 cm³/mol. The Morgan fingerprint density at radius 3 is 2.56 bits per heavy atom. The number of halogens is 2. The highest BCUT2D eigenvalue weighted by molar-refractivity contribution is 7.15.